The summed E-state index contributed by atoms with van der Waals surface area (Å²) in [4.78, 5) is 15.5. The van der Waals surface area contributed by atoms with E-state index in [1.54, 1.807) is 0 Å². The van der Waals surface area contributed by atoms with E-state index < -0.39 is 0 Å². The summed E-state index contributed by atoms with van der Waals surface area (Å²) < 4.78 is 2.20. The van der Waals surface area contributed by atoms with E-state index in [0.717, 1.165) is 60.3 Å². The van der Waals surface area contributed by atoms with Crippen LogP contribution in [0.5, 0.6) is 0 Å². The van der Waals surface area contributed by atoms with Gasteiger partial charge in [-0.15, -0.1) is 0 Å². The number of nitrogens with one attached hydrogen (secondary N) is 1. The summed E-state index contributed by atoms with van der Waals surface area (Å²) in [7, 11) is 4.18. The molecule has 0 unspecified atom stereocenters. The third-order valence-electron chi connectivity index (χ3n) is 7.89. The molecular weight excluding hydrogens is 394 g/mol. The Morgan fingerprint density at radius 3 is 2.47 bits per heavy atom. The van der Waals surface area contributed by atoms with Crippen molar-refractivity contribution in [1.29, 1.82) is 0 Å². The normalized spacial score (nSPS) is 29.8. The average molecular weight is 428 g/mol. The number of benzene rings is 1. The first-order valence-electron chi connectivity index (χ1n) is 11.6. The van der Waals surface area contributed by atoms with E-state index in [1.807, 2.05) is 18.3 Å². The van der Waals surface area contributed by atoms with Crippen molar-refractivity contribution in [2.75, 3.05) is 27.2 Å². The van der Waals surface area contributed by atoms with Gasteiger partial charge in [0.1, 0.15) is 0 Å². The predicted octanol–water partition coefficient (Wildman–Crippen LogP) is 5.19. The summed E-state index contributed by atoms with van der Waals surface area (Å²) in [6, 6.07) is 5.95. The lowest BCUT2D eigenvalue weighted by molar-refractivity contribution is -0.0503. The Hall–Kier alpha value is -1.52. The first-order chi connectivity index (χ1) is 14.4. The van der Waals surface area contributed by atoms with Gasteiger partial charge in [0.25, 0.3) is 5.91 Å². The number of aryl methyl sites for hydroxylation is 1. The van der Waals surface area contributed by atoms with E-state index in [0.29, 0.717) is 10.4 Å². The van der Waals surface area contributed by atoms with E-state index in [9.17, 15) is 4.79 Å². The van der Waals surface area contributed by atoms with Crippen molar-refractivity contribution in [2.24, 2.45) is 23.2 Å². The number of aromatic nitrogens is 1. The highest BCUT2D eigenvalue weighted by atomic mass is 35.5. The topological polar surface area (TPSA) is 37.3 Å². The molecule has 1 amide bonds. The van der Waals surface area contributed by atoms with E-state index in [-0.39, 0.29) is 5.91 Å². The van der Waals surface area contributed by atoms with Crippen molar-refractivity contribution >= 4 is 28.4 Å². The summed E-state index contributed by atoms with van der Waals surface area (Å²) in [5.74, 6) is 2.75. The van der Waals surface area contributed by atoms with Crippen molar-refractivity contribution in [3.05, 3.63) is 35.0 Å². The van der Waals surface area contributed by atoms with Gasteiger partial charge in [0.2, 0.25) is 0 Å². The van der Waals surface area contributed by atoms with Gasteiger partial charge in [-0.2, -0.15) is 0 Å². The standard InChI is InChI=1S/C25H34ClN3O/c1-28(2)7-4-8-29-15-20(23-21(26)5-3-6-22(23)29)24(30)27-16-25-12-17-9-18(13-25)11-19(10-17)14-25/h3,5-6,15,17-19H,4,7-14,16H2,1-2H3,(H,27,30). The summed E-state index contributed by atoms with van der Waals surface area (Å²) in [6.45, 7) is 2.73. The maximum absolute atomic E-state index is 13.3. The molecule has 1 aromatic heterocycles. The van der Waals surface area contributed by atoms with Gasteiger partial charge in [-0.05, 0) is 101 Å². The Morgan fingerprint density at radius 1 is 1.17 bits per heavy atom. The Balaban J connectivity index is 1.34. The molecule has 4 aliphatic rings. The molecule has 4 fully saturated rings. The molecule has 0 aliphatic heterocycles. The summed E-state index contributed by atoms with van der Waals surface area (Å²) >= 11 is 6.56. The number of amides is 1. The summed E-state index contributed by atoms with van der Waals surface area (Å²) in [6.07, 6.45) is 11.3. The van der Waals surface area contributed by atoms with Gasteiger partial charge in [-0.3, -0.25) is 4.79 Å². The van der Waals surface area contributed by atoms with Crippen LogP contribution in [0, 0.1) is 23.2 Å². The van der Waals surface area contributed by atoms with Crippen molar-refractivity contribution in [3.63, 3.8) is 0 Å². The lowest BCUT2D eigenvalue weighted by Crippen LogP contribution is -2.51. The number of rotatable bonds is 7. The average Bonchev–Trinajstić information content (AvgIpc) is 3.05. The number of carbonyl (C=O) groups excluding carboxylic acids is 1. The van der Waals surface area contributed by atoms with Crippen molar-refractivity contribution in [1.82, 2.24) is 14.8 Å². The molecule has 1 heterocycles. The second-order valence-electron chi connectivity index (χ2n) is 10.6. The Labute approximate surface area is 184 Å². The predicted molar refractivity (Wildman–Crippen MR) is 123 cm³/mol. The van der Waals surface area contributed by atoms with Crippen LogP contribution in [-0.4, -0.2) is 42.6 Å². The molecule has 30 heavy (non-hydrogen) atoms. The smallest absolute Gasteiger partial charge is 0.253 e. The fraction of sp³-hybridized carbons (Fsp3) is 0.640. The lowest BCUT2D eigenvalue weighted by Gasteiger charge is -2.56. The van der Waals surface area contributed by atoms with Crippen LogP contribution in [0.15, 0.2) is 24.4 Å². The van der Waals surface area contributed by atoms with Crippen LogP contribution >= 0.6 is 11.6 Å². The maximum Gasteiger partial charge on any atom is 0.253 e. The molecule has 0 saturated heterocycles. The molecule has 1 aromatic carbocycles. The molecule has 162 valence electrons. The highest BCUT2D eigenvalue weighted by Crippen LogP contribution is 2.59. The molecule has 4 nitrogen and oxygen atoms in total. The van der Waals surface area contributed by atoms with Gasteiger partial charge in [-0.25, -0.2) is 0 Å². The monoisotopic (exact) mass is 427 g/mol. The molecule has 2 aromatic rings. The zero-order chi connectivity index (χ0) is 20.9. The highest BCUT2D eigenvalue weighted by molar-refractivity contribution is 6.36. The number of nitrogens with zero attached hydrogens (tertiary/aromatic N) is 2. The SMILES string of the molecule is CN(C)CCCn1cc(C(=O)NCC23CC4CC(CC(C4)C2)C3)c2c(Cl)cccc21. The number of hydrogen-bond acceptors (Lipinski definition) is 2. The fourth-order valence-corrected chi connectivity index (χ4v) is 7.36. The lowest BCUT2D eigenvalue weighted by atomic mass is 9.49. The van der Waals surface area contributed by atoms with E-state index in [4.69, 9.17) is 11.6 Å². The van der Waals surface area contributed by atoms with Crippen molar-refractivity contribution in [2.45, 2.75) is 51.5 Å². The molecule has 0 spiro atoms. The van der Waals surface area contributed by atoms with E-state index in [1.165, 1.54) is 38.5 Å². The van der Waals surface area contributed by atoms with E-state index in [2.05, 4.69) is 34.9 Å². The summed E-state index contributed by atoms with van der Waals surface area (Å²) in [5, 5.41) is 4.90. The molecule has 5 heteroatoms. The van der Waals surface area contributed by atoms with Gasteiger partial charge in [0.15, 0.2) is 0 Å². The van der Waals surface area contributed by atoms with Gasteiger partial charge < -0.3 is 14.8 Å². The van der Waals surface area contributed by atoms with Crippen LogP contribution in [0.1, 0.15) is 55.3 Å². The molecule has 0 radical (unpaired) electrons. The third kappa shape index (κ3) is 3.78. The minimum atomic E-state index is 0.0372. The number of halogens is 1. The van der Waals surface area contributed by atoms with Crippen LogP contribution < -0.4 is 5.32 Å². The Kier molecular flexibility index (Phi) is 5.35. The highest BCUT2D eigenvalue weighted by Gasteiger charge is 2.50. The van der Waals surface area contributed by atoms with Gasteiger partial charge in [0, 0.05) is 24.7 Å². The minimum absolute atomic E-state index is 0.0372. The van der Waals surface area contributed by atoms with Crippen LogP contribution in [0.2, 0.25) is 5.02 Å². The fourth-order valence-electron chi connectivity index (χ4n) is 7.09. The number of carbonyl (C=O) groups is 1. The van der Waals surface area contributed by atoms with Crippen molar-refractivity contribution < 1.29 is 4.79 Å². The molecule has 1 N–H and O–H groups in total. The van der Waals surface area contributed by atoms with Crippen LogP contribution in [0.25, 0.3) is 10.9 Å². The number of hydrogen-bond donors (Lipinski definition) is 1. The second-order valence-corrected chi connectivity index (χ2v) is 11.0. The van der Waals surface area contributed by atoms with Crippen LogP contribution in [0.3, 0.4) is 0 Å². The summed E-state index contributed by atoms with van der Waals surface area (Å²) in [5.41, 5.74) is 2.13. The maximum atomic E-state index is 13.3. The third-order valence-corrected chi connectivity index (χ3v) is 8.21. The van der Waals surface area contributed by atoms with Gasteiger partial charge >= 0.3 is 0 Å². The minimum Gasteiger partial charge on any atom is -0.351 e. The molecule has 6 rings (SSSR count). The first kappa shape index (κ1) is 20.4. The molecule has 4 bridgehead atoms. The molecular formula is C25H34ClN3O. The van der Waals surface area contributed by atoms with Gasteiger partial charge in [-0.1, -0.05) is 17.7 Å². The van der Waals surface area contributed by atoms with Crippen molar-refractivity contribution in [3.8, 4) is 0 Å². The Morgan fingerprint density at radius 2 is 1.83 bits per heavy atom. The van der Waals surface area contributed by atoms with E-state index >= 15 is 0 Å². The molecule has 0 atom stereocenters. The Bertz CT molecular complexity index is 912. The number of fused-ring (bicyclic) bond motifs is 1. The molecule has 4 aliphatic carbocycles. The van der Waals surface area contributed by atoms with Gasteiger partial charge in [0.05, 0.1) is 16.1 Å². The largest absolute Gasteiger partial charge is 0.351 e. The second kappa shape index (κ2) is 7.87. The quantitative estimate of drug-likeness (QED) is 0.659. The molecule has 4 saturated carbocycles. The first-order valence-corrected chi connectivity index (χ1v) is 12.0. The zero-order valence-corrected chi connectivity index (χ0v) is 19.0. The van der Waals surface area contributed by atoms with Crippen LogP contribution in [0.4, 0.5) is 0 Å². The zero-order valence-electron chi connectivity index (χ0n) is 18.3. The van der Waals surface area contributed by atoms with Crippen LogP contribution in [-0.2, 0) is 6.54 Å².